The number of likely N-dealkylation sites (tertiary alicyclic amines) is 1. The number of piperidine rings is 1. The summed E-state index contributed by atoms with van der Waals surface area (Å²) in [7, 11) is 5.45. The van der Waals surface area contributed by atoms with Crippen molar-refractivity contribution < 1.29 is 14.3 Å². The van der Waals surface area contributed by atoms with Crippen molar-refractivity contribution in [1.29, 1.82) is 0 Å². The Hall–Kier alpha value is -2.60. The summed E-state index contributed by atoms with van der Waals surface area (Å²) >= 11 is 0. The summed E-state index contributed by atoms with van der Waals surface area (Å²) in [6.45, 7) is 4.43. The van der Waals surface area contributed by atoms with Gasteiger partial charge in [-0.3, -0.25) is 9.78 Å². The molecule has 6 heteroatoms. The second kappa shape index (κ2) is 9.74. The van der Waals surface area contributed by atoms with Gasteiger partial charge in [0.1, 0.15) is 0 Å². The molecule has 1 aliphatic rings. The maximum Gasteiger partial charge on any atom is 0.255 e. The number of amides is 1. The van der Waals surface area contributed by atoms with Crippen molar-refractivity contribution in [3.8, 4) is 11.5 Å². The zero-order chi connectivity index (χ0) is 20.8. The number of likely N-dealkylation sites (N-methyl/N-ethyl adjacent to an activating group) is 1. The minimum Gasteiger partial charge on any atom is -0.493 e. The molecule has 6 nitrogen and oxygen atoms in total. The van der Waals surface area contributed by atoms with Gasteiger partial charge in [0.25, 0.3) is 5.91 Å². The Morgan fingerprint density at radius 1 is 1.21 bits per heavy atom. The topological polar surface area (TPSA) is 54.9 Å². The van der Waals surface area contributed by atoms with Crippen LogP contribution in [0.5, 0.6) is 11.5 Å². The summed E-state index contributed by atoms with van der Waals surface area (Å²) in [5.41, 5.74) is 2.81. The van der Waals surface area contributed by atoms with Crippen LogP contribution < -0.4 is 9.47 Å². The summed E-state index contributed by atoms with van der Waals surface area (Å²) in [5, 5.41) is 0. The fourth-order valence-corrected chi connectivity index (χ4v) is 3.80. The molecule has 3 rings (SSSR count). The smallest absolute Gasteiger partial charge is 0.255 e. The molecular weight excluding hydrogens is 366 g/mol. The third-order valence-electron chi connectivity index (χ3n) is 5.67. The van der Waals surface area contributed by atoms with Gasteiger partial charge >= 0.3 is 0 Å². The van der Waals surface area contributed by atoms with E-state index < -0.39 is 0 Å². The SMILES string of the molecule is COc1ccc(CCN(C)[C@@H]2CCCN(C(=O)c3ccc(C)nc3)C2)cc1OC. The van der Waals surface area contributed by atoms with Crippen molar-refractivity contribution in [2.75, 3.05) is 40.9 Å². The molecule has 2 aromatic rings. The van der Waals surface area contributed by atoms with E-state index in [1.54, 1.807) is 20.4 Å². The molecule has 0 saturated carbocycles. The zero-order valence-corrected chi connectivity index (χ0v) is 17.9. The van der Waals surface area contributed by atoms with Crippen LogP contribution in [0.4, 0.5) is 0 Å². The summed E-state index contributed by atoms with van der Waals surface area (Å²) in [6.07, 6.45) is 4.74. The molecule has 1 amide bonds. The summed E-state index contributed by atoms with van der Waals surface area (Å²) in [5.74, 6) is 1.58. The van der Waals surface area contributed by atoms with Gasteiger partial charge < -0.3 is 19.3 Å². The molecule has 0 bridgehead atoms. The third kappa shape index (κ3) is 5.26. The normalized spacial score (nSPS) is 16.7. The minimum atomic E-state index is 0.0792. The molecule has 0 aliphatic carbocycles. The quantitative estimate of drug-likeness (QED) is 0.718. The van der Waals surface area contributed by atoms with Crippen LogP contribution in [0.3, 0.4) is 0 Å². The lowest BCUT2D eigenvalue weighted by molar-refractivity contribution is 0.0611. The van der Waals surface area contributed by atoms with Crippen LogP contribution in [0.25, 0.3) is 0 Å². The van der Waals surface area contributed by atoms with Crippen LogP contribution >= 0.6 is 0 Å². The molecule has 29 heavy (non-hydrogen) atoms. The maximum absolute atomic E-state index is 12.8. The second-order valence-corrected chi connectivity index (χ2v) is 7.66. The first-order valence-electron chi connectivity index (χ1n) is 10.1. The van der Waals surface area contributed by atoms with Crippen LogP contribution in [0, 0.1) is 6.92 Å². The highest BCUT2D eigenvalue weighted by atomic mass is 16.5. The number of carbonyl (C=O) groups excluding carboxylic acids is 1. The number of methoxy groups -OCH3 is 2. The lowest BCUT2D eigenvalue weighted by Crippen LogP contribution is -2.49. The molecule has 1 aliphatic heterocycles. The number of rotatable bonds is 7. The molecule has 156 valence electrons. The standard InChI is InChI=1S/C23H31N3O3/c1-17-7-9-19(15-24-17)23(27)26-12-5-6-20(16-26)25(2)13-11-18-8-10-21(28-3)22(14-18)29-4/h7-10,14-15,20H,5-6,11-13,16H2,1-4H3/t20-/m1/s1. The number of pyridine rings is 1. The van der Waals surface area contributed by atoms with E-state index >= 15 is 0 Å². The Morgan fingerprint density at radius 2 is 2.00 bits per heavy atom. The van der Waals surface area contributed by atoms with Crippen LogP contribution in [0.15, 0.2) is 36.5 Å². The van der Waals surface area contributed by atoms with Crippen LogP contribution in [-0.2, 0) is 6.42 Å². The number of hydrogen-bond donors (Lipinski definition) is 0. The molecule has 1 aromatic carbocycles. The Kier molecular flexibility index (Phi) is 7.09. The van der Waals surface area contributed by atoms with E-state index in [-0.39, 0.29) is 5.91 Å². The largest absolute Gasteiger partial charge is 0.493 e. The second-order valence-electron chi connectivity index (χ2n) is 7.66. The van der Waals surface area contributed by atoms with Crippen molar-refractivity contribution in [2.24, 2.45) is 0 Å². The lowest BCUT2D eigenvalue weighted by Gasteiger charge is -2.37. The summed E-state index contributed by atoms with van der Waals surface area (Å²) < 4.78 is 10.7. The Morgan fingerprint density at radius 3 is 2.69 bits per heavy atom. The van der Waals surface area contributed by atoms with Gasteiger partial charge in [0.05, 0.1) is 19.8 Å². The zero-order valence-electron chi connectivity index (χ0n) is 17.9. The van der Waals surface area contributed by atoms with E-state index in [1.165, 1.54) is 5.56 Å². The van der Waals surface area contributed by atoms with Crippen molar-refractivity contribution in [1.82, 2.24) is 14.8 Å². The predicted octanol–water partition coefficient (Wildman–Crippen LogP) is 3.19. The average Bonchev–Trinajstić information content (AvgIpc) is 2.77. The third-order valence-corrected chi connectivity index (χ3v) is 5.67. The van der Waals surface area contributed by atoms with E-state index in [9.17, 15) is 4.79 Å². The molecule has 0 spiro atoms. The number of ether oxygens (including phenoxy) is 2. The molecule has 0 radical (unpaired) electrons. The van der Waals surface area contributed by atoms with Crippen molar-refractivity contribution in [3.05, 3.63) is 53.3 Å². The van der Waals surface area contributed by atoms with Gasteiger partial charge in [0.2, 0.25) is 0 Å². The molecule has 0 unspecified atom stereocenters. The lowest BCUT2D eigenvalue weighted by atomic mass is 10.0. The first-order chi connectivity index (χ1) is 14.0. The fraction of sp³-hybridized carbons (Fsp3) is 0.478. The van der Waals surface area contributed by atoms with Gasteiger partial charge in [-0.1, -0.05) is 6.07 Å². The average molecular weight is 398 g/mol. The summed E-state index contributed by atoms with van der Waals surface area (Å²) in [4.78, 5) is 21.4. The van der Waals surface area contributed by atoms with Crippen LogP contribution in [-0.4, -0.2) is 67.6 Å². The Balaban J connectivity index is 1.57. The molecule has 1 fully saturated rings. The van der Waals surface area contributed by atoms with E-state index in [4.69, 9.17) is 9.47 Å². The van der Waals surface area contributed by atoms with E-state index in [0.29, 0.717) is 11.6 Å². The van der Waals surface area contributed by atoms with Crippen molar-refractivity contribution >= 4 is 5.91 Å². The first kappa shape index (κ1) is 21.1. The number of carbonyl (C=O) groups is 1. The predicted molar refractivity (Wildman–Crippen MR) is 114 cm³/mol. The van der Waals surface area contributed by atoms with Gasteiger partial charge in [0.15, 0.2) is 11.5 Å². The molecular formula is C23H31N3O3. The number of benzene rings is 1. The van der Waals surface area contributed by atoms with Crippen molar-refractivity contribution in [2.45, 2.75) is 32.2 Å². The van der Waals surface area contributed by atoms with Crippen molar-refractivity contribution in [3.63, 3.8) is 0 Å². The van der Waals surface area contributed by atoms with Gasteiger partial charge in [0, 0.05) is 37.6 Å². The fourth-order valence-electron chi connectivity index (χ4n) is 3.80. The summed E-state index contributed by atoms with van der Waals surface area (Å²) in [6, 6.07) is 10.2. The van der Waals surface area contributed by atoms with Gasteiger partial charge in [-0.05, 0) is 63.1 Å². The Bertz CT molecular complexity index is 823. The van der Waals surface area contributed by atoms with Crippen LogP contribution in [0.1, 0.15) is 34.5 Å². The molecule has 0 N–H and O–H groups in total. The molecule has 2 heterocycles. The van der Waals surface area contributed by atoms with Gasteiger partial charge in [-0.15, -0.1) is 0 Å². The van der Waals surface area contributed by atoms with Gasteiger partial charge in [-0.2, -0.15) is 0 Å². The molecule has 1 aromatic heterocycles. The maximum atomic E-state index is 12.8. The number of aromatic nitrogens is 1. The minimum absolute atomic E-state index is 0.0792. The number of nitrogens with zero attached hydrogens (tertiary/aromatic N) is 3. The highest BCUT2D eigenvalue weighted by molar-refractivity contribution is 5.94. The van der Waals surface area contributed by atoms with E-state index in [2.05, 4.69) is 23.0 Å². The number of aryl methyl sites for hydroxylation is 1. The Labute approximate surface area is 173 Å². The monoisotopic (exact) mass is 397 g/mol. The molecule has 1 atom stereocenters. The van der Waals surface area contributed by atoms with E-state index in [0.717, 1.165) is 56.1 Å². The highest BCUT2D eigenvalue weighted by Crippen LogP contribution is 2.28. The molecule has 1 saturated heterocycles. The first-order valence-corrected chi connectivity index (χ1v) is 10.1. The number of hydrogen-bond acceptors (Lipinski definition) is 5. The highest BCUT2D eigenvalue weighted by Gasteiger charge is 2.27. The van der Waals surface area contributed by atoms with Gasteiger partial charge in [-0.25, -0.2) is 0 Å². The van der Waals surface area contributed by atoms with E-state index in [1.807, 2.05) is 36.1 Å². The van der Waals surface area contributed by atoms with Crippen LogP contribution in [0.2, 0.25) is 0 Å².